The topological polar surface area (TPSA) is 141 Å². The van der Waals surface area contributed by atoms with E-state index in [2.05, 4.69) is 25.2 Å². The number of hydrogen-bond acceptors (Lipinski definition) is 7. The fourth-order valence-electron chi connectivity index (χ4n) is 5.86. The Kier molecular flexibility index (Phi) is 10.4. The number of sulfonamides is 1. The maximum Gasteiger partial charge on any atom is 0.246 e. The van der Waals surface area contributed by atoms with E-state index in [1.807, 2.05) is 36.4 Å². The minimum absolute atomic E-state index is 0.0565. The lowest BCUT2D eigenvalue weighted by atomic mass is 9.93. The number of pyridine rings is 1. The summed E-state index contributed by atoms with van der Waals surface area (Å²) in [5.41, 5.74) is 1.12. The van der Waals surface area contributed by atoms with Crippen molar-refractivity contribution in [3.63, 3.8) is 0 Å². The number of carbonyl (C=O) groups is 3. The summed E-state index contributed by atoms with van der Waals surface area (Å²) in [4.78, 5) is 47.3. The van der Waals surface area contributed by atoms with E-state index < -0.39 is 28.5 Å². The minimum Gasteiger partial charge on any atom is -0.371 e. The Morgan fingerprint density at radius 3 is 2.30 bits per heavy atom. The quantitative estimate of drug-likeness (QED) is 0.299. The number of piperidine rings is 2. The SMILES string of the molecule is O=C(CNS(=O)(=O)c1ccc2ccccc2c1)NCC(NC(=O)CC1CCN(c2ccncc2)CC1)C(=O)N1CCCCC1. The highest BCUT2D eigenvalue weighted by atomic mass is 32.2. The molecule has 2 aliphatic rings. The number of benzene rings is 2. The predicted molar refractivity (Wildman–Crippen MR) is 168 cm³/mol. The number of nitrogens with zero attached hydrogens (tertiary/aromatic N) is 3. The van der Waals surface area contributed by atoms with Crippen molar-refractivity contribution in [1.82, 2.24) is 25.2 Å². The standard InChI is InChI=1S/C32H40N6O5S/c39-30(20-24-12-18-37(19-13-24)27-10-14-33-15-11-27)36-29(32(41)38-16-4-1-5-17-38)22-34-31(40)23-35-44(42,43)28-9-8-25-6-2-3-7-26(25)21-28/h2-3,6-11,14-15,21,24,29,35H,1,4-5,12-13,16-20,22-23H2,(H,34,40)(H,36,39). The largest absolute Gasteiger partial charge is 0.371 e. The summed E-state index contributed by atoms with van der Waals surface area (Å²) < 4.78 is 28.0. The van der Waals surface area contributed by atoms with Crippen molar-refractivity contribution in [1.29, 1.82) is 0 Å². The predicted octanol–water partition coefficient (Wildman–Crippen LogP) is 2.43. The van der Waals surface area contributed by atoms with Crippen LogP contribution >= 0.6 is 0 Å². The molecule has 1 atom stereocenters. The van der Waals surface area contributed by atoms with Crippen molar-refractivity contribution in [2.24, 2.45) is 5.92 Å². The second kappa shape index (κ2) is 14.6. The first-order valence-corrected chi connectivity index (χ1v) is 16.7. The van der Waals surface area contributed by atoms with Crippen LogP contribution in [0.25, 0.3) is 10.8 Å². The molecule has 1 unspecified atom stereocenters. The smallest absolute Gasteiger partial charge is 0.246 e. The number of nitrogens with one attached hydrogen (secondary N) is 3. The molecule has 3 aromatic rings. The van der Waals surface area contributed by atoms with Crippen LogP contribution in [0.1, 0.15) is 38.5 Å². The number of fused-ring (bicyclic) bond motifs is 1. The highest BCUT2D eigenvalue weighted by Crippen LogP contribution is 2.25. The van der Waals surface area contributed by atoms with Crippen LogP contribution in [0.4, 0.5) is 5.69 Å². The van der Waals surface area contributed by atoms with Crippen molar-refractivity contribution < 1.29 is 22.8 Å². The molecule has 3 amide bonds. The third kappa shape index (κ3) is 8.32. The zero-order valence-electron chi connectivity index (χ0n) is 24.8. The molecule has 0 aliphatic carbocycles. The number of rotatable bonds is 11. The summed E-state index contributed by atoms with van der Waals surface area (Å²) in [7, 11) is -3.94. The lowest BCUT2D eigenvalue weighted by Gasteiger charge is -2.34. The van der Waals surface area contributed by atoms with E-state index in [1.54, 1.807) is 29.4 Å². The van der Waals surface area contributed by atoms with Crippen LogP contribution in [0.15, 0.2) is 71.9 Å². The molecule has 11 nitrogen and oxygen atoms in total. The zero-order valence-corrected chi connectivity index (χ0v) is 25.6. The summed E-state index contributed by atoms with van der Waals surface area (Å²) >= 11 is 0. The van der Waals surface area contributed by atoms with E-state index in [0.717, 1.165) is 61.7 Å². The Balaban J connectivity index is 1.14. The molecule has 2 aliphatic heterocycles. The maximum atomic E-state index is 13.4. The first-order chi connectivity index (χ1) is 21.3. The van der Waals surface area contributed by atoms with Crippen LogP contribution in [0.5, 0.6) is 0 Å². The van der Waals surface area contributed by atoms with Crippen LogP contribution in [-0.4, -0.2) is 81.3 Å². The number of amides is 3. The van der Waals surface area contributed by atoms with Crippen molar-refractivity contribution >= 4 is 44.2 Å². The highest BCUT2D eigenvalue weighted by Gasteiger charge is 2.29. The minimum atomic E-state index is -3.94. The Hall–Kier alpha value is -4.03. The summed E-state index contributed by atoms with van der Waals surface area (Å²) in [6.07, 6.45) is 8.39. The van der Waals surface area contributed by atoms with Gasteiger partial charge in [-0.15, -0.1) is 0 Å². The second-order valence-electron chi connectivity index (χ2n) is 11.5. The molecular weight excluding hydrogens is 580 g/mol. The van der Waals surface area contributed by atoms with E-state index in [1.165, 1.54) is 6.07 Å². The molecule has 1 aromatic heterocycles. The molecular formula is C32H40N6O5S. The molecule has 2 fully saturated rings. The van der Waals surface area contributed by atoms with E-state index in [4.69, 9.17) is 0 Å². The number of anilines is 1. The Morgan fingerprint density at radius 2 is 1.57 bits per heavy atom. The summed E-state index contributed by atoms with van der Waals surface area (Å²) in [5, 5.41) is 7.20. The van der Waals surface area contributed by atoms with E-state index in [-0.39, 0.29) is 29.2 Å². The monoisotopic (exact) mass is 620 g/mol. The zero-order chi connectivity index (χ0) is 30.9. The second-order valence-corrected chi connectivity index (χ2v) is 13.3. The van der Waals surface area contributed by atoms with Gasteiger partial charge < -0.3 is 20.4 Å². The van der Waals surface area contributed by atoms with Gasteiger partial charge >= 0.3 is 0 Å². The fourth-order valence-corrected chi connectivity index (χ4v) is 6.87. The van der Waals surface area contributed by atoms with Gasteiger partial charge in [0, 0.05) is 57.2 Å². The molecule has 234 valence electrons. The van der Waals surface area contributed by atoms with Gasteiger partial charge in [0.2, 0.25) is 27.7 Å². The Bertz CT molecular complexity index is 1550. The van der Waals surface area contributed by atoms with E-state index >= 15 is 0 Å². The highest BCUT2D eigenvalue weighted by molar-refractivity contribution is 7.89. The molecule has 12 heteroatoms. The molecule has 2 saturated heterocycles. The molecule has 0 bridgehead atoms. The molecule has 0 saturated carbocycles. The molecule has 0 spiro atoms. The van der Waals surface area contributed by atoms with Crippen LogP contribution in [0.2, 0.25) is 0 Å². The first kappa shape index (κ1) is 31.4. The van der Waals surface area contributed by atoms with Gasteiger partial charge in [-0.05, 0) is 73.1 Å². The average Bonchev–Trinajstić information content (AvgIpc) is 3.06. The summed E-state index contributed by atoms with van der Waals surface area (Å²) in [6, 6.07) is 15.2. The molecule has 3 heterocycles. The number of hydrogen-bond donors (Lipinski definition) is 3. The van der Waals surface area contributed by atoms with Gasteiger partial charge in [0.1, 0.15) is 6.04 Å². The van der Waals surface area contributed by atoms with Gasteiger partial charge in [-0.1, -0.05) is 30.3 Å². The van der Waals surface area contributed by atoms with Crippen molar-refractivity contribution in [2.45, 2.75) is 49.5 Å². The first-order valence-electron chi connectivity index (χ1n) is 15.3. The third-order valence-corrected chi connectivity index (χ3v) is 9.77. The molecule has 5 rings (SSSR count). The van der Waals surface area contributed by atoms with Crippen LogP contribution in [0.3, 0.4) is 0 Å². The maximum absolute atomic E-state index is 13.4. The van der Waals surface area contributed by atoms with Gasteiger partial charge in [-0.3, -0.25) is 19.4 Å². The normalized spacial score (nSPS) is 16.8. The number of carbonyl (C=O) groups excluding carboxylic acids is 3. The van der Waals surface area contributed by atoms with Gasteiger partial charge in [0.05, 0.1) is 11.4 Å². The number of aromatic nitrogens is 1. The fraction of sp³-hybridized carbons (Fsp3) is 0.438. The van der Waals surface area contributed by atoms with Crippen molar-refractivity contribution in [2.75, 3.05) is 44.2 Å². The Morgan fingerprint density at radius 1 is 0.864 bits per heavy atom. The van der Waals surface area contributed by atoms with Crippen molar-refractivity contribution in [3.05, 3.63) is 67.0 Å². The van der Waals surface area contributed by atoms with Gasteiger partial charge in [0.25, 0.3) is 0 Å². The molecule has 2 aromatic carbocycles. The van der Waals surface area contributed by atoms with E-state index in [0.29, 0.717) is 19.5 Å². The summed E-state index contributed by atoms with van der Waals surface area (Å²) in [6.45, 7) is 2.27. The van der Waals surface area contributed by atoms with Crippen LogP contribution in [-0.2, 0) is 24.4 Å². The van der Waals surface area contributed by atoms with Crippen LogP contribution in [0, 0.1) is 5.92 Å². The van der Waals surface area contributed by atoms with Gasteiger partial charge in [-0.25, -0.2) is 13.1 Å². The van der Waals surface area contributed by atoms with E-state index in [9.17, 15) is 22.8 Å². The van der Waals surface area contributed by atoms with Gasteiger partial charge in [-0.2, -0.15) is 0 Å². The van der Waals surface area contributed by atoms with Gasteiger partial charge in [0.15, 0.2) is 0 Å². The van der Waals surface area contributed by atoms with Crippen LogP contribution < -0.4 is 20.3 Å². The lowest BCUT2D eigenvalue weighted by molar-refractivity contribution is -0.137. The molecule has 0 radical (unpaired) electrons. The summed E-state index contributed by atoms with van der Waals surface area (Å²) in [5.74, 6) is -0.863. The Labute approximate surface area is 258 Å². The van der Waals surface area contributed by atoms with Crippen molar-refractivity contribution in [3.8, 4) is 0 Å². The third-order valence-electron chi connectivity index (χ3n) is 8.37. The molecule has 3 N–H and O–H groups in total. The molecule has 44 heavy (non-hydrogen) atoms. The number of likely N-dealkylation sites (tertiary alicyclic amines) is 1. The average molecular weight is 621 g/mol. The lowest BCUT2D eigenvalue weighted by Crippen LogP contribution is -2.55.